The van der Waals surface area contributed by atoms with Gasteiger partial charge in [-0.3, -0.25) is 19.5 Å². The third-order valence-electron chi connectivity index (χ3n) is 3.53. The van der Waals surface area contributed by atoms with E-state index >= 15 is 0 Å². The molecule has 0 aliphatic carbocycles. The number of ether oxygens (including phenoxy) is 1. The summed E-state index contributed by atoms with van der Waals surface area (Å²) in [6, 6.07) is 12.3. The van der Waals surface area contributed by atoms with Gasteiger partial charge in [0.1, 0.15) is 10.8 Å². The van der Waals surface area contributed by atoms with Gasteiger partial charge in [0.15, 0.2) is 0 Å². The highest BCUT2D eigenvalue weighted by molar-refractivity contribution is 6.55. The third kappa shape index (κ3) is 2.71. The molecular formula is C17H13ClN2O3. The van der Waals surface area contributed by atoms with Gasteiger partial charge >= 0.3 is 0 Å². The zero-order valence-electron chi connectivity index (χ0n) is 12.3. The summed E-state index contributed by atoms with van der Waals surface area (Å²) in [6.07, 6.45) is 1.61. The molecule has 1 aliphatic heterocycles. The van der Waals surface area contributed by atoms with E-state index in [4.69, 9.17) is 16.3 Å². The molecule has 1 aromatic heterocycles. The molecule has 2 amide bonds. The van der Waals surface area contributed by atoms with Crippen molar-refractivity contribution in [3.63, 3.8) is 0 Å². The van der Waals surface area contributed by atoms with E-state index in [0.29, 0.717) is 17.0 Å². The normalized spacial score (nSPS) is 14.6. The molecule has 0 saturated heterocycles. The van der Waals surface area contributed by atoms with Crippen LogP contribution in [0.3, 0.4) is 0 Å². The van der Waals surface area contributed by atoms with Crippen LogP contribution in [0.4, 0.5) is 0 Å². The second-order valence-electron chi connectivity index (χ2n) is 4.91. The van der Waals surface area contributed by atoms with E-state index in [1.54, 1.807) is 48.7 Å². The number of methoxy groups -OCH3 is 1. The van der Waals surface area contributed by atoms with Crippen molar-refractivity contribution in [1.82, 2.24) is 9.88 Å². The van der Waals surface area contributed by atoms with Crippen molar-refractivity contribution in [2.45, 2.75) is 6.54 Å². The second-order valence-corrected chi connectivity index (χ2v) is 5.28. The lowest BCUT2D eigenvalue weighted by molar-refractivity contribution is -0.137. The molecule has 0 unspecified atom stereocenters. The van der Waals surface area contributed by atoms with Gasteiger partial charge < -0.3 is 4.74 Å². The Bertz CT molecular complexity index is 802. The molecule has 0 fully saturated rings. The number of benzene rings is 1. The van der Waals surface area contributed by atoms with E-state index in [2.05, 4.69) is 4.98 Å². The van der Waals surface area contributed by atoms with Crippen LogP contribution >= 0.6 is 11.6 Å². The summed E-state index contributed by atoms with van der Waals surface area (Å²) >= 11 is 6.14. The van der Waals surface area contributed by atoms with E-state index in [9.17, 15) is 9.59 Å². The van der Waals surface area contributed by atoms with Crippen LogP contribution in [0.15, 0.2) is 53.7 Å². The Balaban J connectivity index is 1.97. The third-order valence-corrected chi connectivity index (χ3v) is 3.88. The van der Waals surface area contributed by atoms with Gasteiger partial charge in [-0.1, -0.05) is 35.9 Å². The summed E-state index contributed by atoms with van der Waals surface area (Å²) in [4.78, 5) is 30.3. The van der Waals surface area contributed by atoms with Crippen molar-refractivity contribution in [2.24, 2.45) is 0 Å². The van der Waals surface area contributed by atoms with Crippen LogP contribution in [0.1, 0.15) is 11.3 Å². The molecule has 5 nitrogen and oxygen atoms in total. The molecule has 6 heteroatoms. The predicted octanol–water partition coefficient (Wildman–Crippen LogP) is 2.61. The van der Waals surface area contributed by atoms with Crippen molar-refractivity contribution in [3.8, 4) is 5.75 Å². The molecule has 3 rings (SSSR count). The molecule has 0 saturated carbocycles. The first-order chi connectivity index (χ1) is 11.1. The maximum atomic E-state index is 12.7. The number of carbonyl (C=O) groups is 2. The van der Waals surface area contributed by atoms with Crippen LogP contribution < -0.4 is 4.74 Å². The van der Waals surface area contributed by atoms with E-state index < -0.39 is 11.8 Å². The van der Waals surface area contributed by atoms with Gasteiger partial charge in [0.2, 0.25) is 0 Å². The number of amides is 2. The topological polar surface area (TPSA) is 59.5 Å². The number of carbonyl (C=O) groups excluding carboxylic acids is 2. The predicted molar refractivity (Wildman–Crippen MR) is 85.6 cm³/mol. The summed E-state index contributed by atoms with van der Waals surface area (Å²) in [7, 11) is 1.50. The molecule has 2 heterocycles. The summed E-state index contributed by atoms with van der Waals surface area (Å²) in [5, 5.41) is -0.101. The van der Waals surface area contributed by atoms with Gasteiger partial charge in [-0.25, -0.2) is 0 Å². The summed E-state index contributed by atoms with van der Waals surface area (Å²) in [5.41, 5.74) is 1.27. The van der Waals surface area contributed by atoms with Crippen LogP contribution in [-0.4, -0.2) is 28.8 Å². The first-order valence-corrected chi connectivity index (χ1v) is 7.30. The van der Waals surface area contributed by atoms with E-state index in [1.807, 2.05) is 0 Å². The van der Waals surface area contributed by atoms with Crippen LogP contribution in [0.5, 0.6) is 5.75 Å². The fourth-order valence-corrected chi connectivity index (χ4v) is 2.71. The fraction of sp³-hybridized carbons (Fsp3) is 0.118. The molecule has 0 spiro atoms. The zero-order chi connectivity index (χ0) is 16.4. The molecule has 0 bridgehead atoms. The minimum Gasteiger partial charge on any atom is -0.496 e. The van der Waals surface area contributed by atoms with Gasteiger partial charge in [-0.15, -0.1) is 0 Å². The van der Waals surface area contributed by atoms with Crippen LogP contribution in [0.2, 0.25) is 0 Å². The van der Waals surface area contributed by atoms with Gasteiger partial charge in [0, 0.05) is 11.8 Å². The molecular weight excluding hydrogens is 316 g/mol. The highest BCUT2D eigenvalue weighted by Gasteiger charge is 2.39. The quantitative estimate of drug-likeness (QED) is 0.809. The van der Waals surface area contributed by atoms with Gasteiger partial charge in [0.25, 0.3) is 11.8 Å². The lowest BCUT2D eigenvalue weighted by atomic mass is 10.1. The first kappa shape index (κ1) is 15.2. The molecule has 23 heavy (non-hydrogen) atoms. The van der Waals surface area contributed by atoms with Crippen molar-refractivity contribution in [1.29, 1.82) is 0 Å². The average Bonchev–Trinajstić information content (AvgIpc) is 2.79. The van der Waals surface area contributed by atoms with Gasteiger partial charge in [0.05, 0.1) is 24.9 Å². The molecule has 1 aliphatic rings. The van der Waals surface area contributed by atoms with Crippen molar-refractivity contribution >= 4 is 29.0 Å². The van der Waals surface area contributed by atoms with Gasteiger partial charge in [-0.2, -0.15) is 0 Å². The molecule has 2 aromatic rings. The number of halogens is 1. The summed E-state index contributed by atoms with van der Waals surface area (Å²) < 4.78 is 5.26. The highest BCUT2D eigenvalue weighted by atomic mass is 35.5. The Morgan fingerprint density at radius 1 is 1.09 bits per heavy atom. The Kier molecular flexibility index (Phi) is 4.12. The van der Waals surface area contributed by atoms with Crippen LogP contribution in [0.25, 0.3) is 5.57 Å². The van der Waals surface area contributed by atoms with Crippen LogP contribution in [-0.2, 0) is 16.1 Å². The lowest BCUT2D eigenvalue weighted by Gasteiger charge is -2.14. The van der Waals surface area contributed by atoms with Crippen molar-refractivity contribution < 1.29 is 14.3 Å². The minimum atomic E-state index is -0.525. The Hall–Kier alpha value is -2.66. The molecule has 0 N–H and O–H groups in total. The van der Waals surface area contributed by atoms with E-state index in [1.165, 1.54) is 7.11 Å². The Morgan fingerprint density at radius 2 is 1.83 bits per heavy atom. The van der Waals surface area contributed by atoms with Crippen molar-refractivity contribution in [2.75, 3.05) is 7.11 Å². The number of rotatable bonds is 4. The number of hydrogen-bond acceptors (Lipinski definition) is 4. The lowest BCUT2D eigenvalue weighted by Crippen LogP contribution is -2.31. The molecule has 0 radical (unpaired) electrons. The minimum absolute atomic E-state index is 0.0768. The highest BCUT2D eigenvalue weighted by Crippen LogP contribution is 2.36. The van der Waals surface area contributed by atoms with Crippen molar-refractivity contribution in [3.05, 3.63) is 65.0 Å². The maximum absolute atomic E-state index is 12.7. The average molecular weight is 329 g/mol. The number of hydrogen-bond donors (Lipinski definition) is 0. The Labute approximate surface area is 138 Å². The summed E-state index contributed by atoms with van der Waals surface area (Å²) in [5.74, 6) is -0.486. The zero-order valence-corrected chi connectivity index (χ0v) is 13.1. The monoisotopic (exact) mass is 328 g/mol. The fourth-order valence-electron chi connectivity index (χ4n) is 2.43. The molecule has 0 atom stereocenters. The van der Waals surface area contributed by atoms with Gasteiger partial charge in [-0.05, 0) is 18.2 Å². The number of imide groups is 1. The molecule has 1 aromatic carbocycles. The number of aromatic nitrogens is 1. The first-order valence-electron chi connectivity index (χ1n) is 6.92. The maximum Gasteiger partial charge on any atom is 0.273 e. The number of para-hydroxylation sites is 1. The van der Waals surface area contributed by atoms with E-state index in [0.717, 1.165) is 4.90 Å². The molecule has 116 valence electrons. The second kappa shape index (κ2) is 6.22. The standard InChI is InChI=1S/C17H13ClN2O3/c1-23-13-8-3-2-7-12(13)14-15(18)17(22)20(16(14)21)10-11-6-4-5-9-19-11/h2-9H,10H2,1H3. The number of pyridine rings is 1. The van der Waals surface area contributed by atoms with E-state index in [-0.39, 0.29) is 17.2 Å². The summed E-state index contributed by atoms with van der Waals surface area (Å²) in [6.45, 7) is 0.0768. The van der Waals surface area contributed by atoms with Crippen LogP contribution in [0, 0.1) is 0 Å². The largest absolute Gasteiger partial charge is 0.496 e. The smallest absolute Gasteiger partial charge is 0.273 e. The number of nitrogens with zero attached hydrogens (tertiary/aromatic N) is 2. The SMILES string of the molecule is COc1ccccc1C1=C(Cl)C(=O)N(Cc2ccccn2)C1=O. The Morgan fingerprint density at radius 3 is 2.52 bits per heavy atom.